The van der Waals surface area contributed by atoms with Crippen molar-refractivity contribution in [3.05, 3.63) is 63.6 Å². The van der Waals surface area contributed by atoms with Gasteiger partial charge in [0.2, 0.25) is 0 Å². The van der Waals surface area contributed by atoms with Gasteiger partial charge in [-0.15, -0.1) is 0 Å². The average Bonchev–Trinajstić information content (AvgIpc) is 2.78. The van der Waals surface area contributed by atoms with Crippen LogP contribution in [-0.2, 0) is 6.42 Å². The maximum absolute atomic E-state index is 13.1. The van der Waals surface area contributed by atoms with Gasteiger partial charge < -0.3 is 4.57 Å². The van der Waals surface area contributed by atoms with E-state index in [1.807, 2.05) is 6.07 Å². The molecule has 33 heavy (non-hydrogen) atoms. The summed E-state index contributed by atoms with van der Waals surface area (Å²) in [5.41, 5.74) is 3.77. The minimum atomic E-state index is -4.24. The second kappa shape index (κ2) is 8.81. The summed E-state index contributed by atoms with van der Waals surface area (Å²) < 4.78 is 41.3. The summed E-state index contributed by atoms with van der Waals surface area (Å²) in [6.45, 7) is 2.06. The number of alkyl halides is 3. The van der Waals surface area contributed by atoms with Gasteiger partial charge in [0.1, 0.15) is 0 Å². The Balaban J connectivity index is 1.75. The van der Waals surface area contributed by atoms with E-state index in [4.69, 9.17) is 9.98 Å². The molecule has 5 rings (SSSR count). The standard InChI is InChI=1S/C27H28F3N3/c1-18-14-24-26(16-23(18)31-20-9-3-2-4-10-20)33(25-13-6-5-12-22(25)32-24)21-11-7-8-19(15-21)17-27(28,29)30/h7-8,11-16,20H,2-6,9-10,17H2,1H3. The molecule has 1 fully saturated rings. The number of aryl methyl sites for hydroxylation is 1. The van der Waals surface area contributed by atoms with Crippen molar-refractivity contribution in [2.75, 3.05) is 0 Å². The quantitative estimate of drug-likeness (QED) is 0.553. The molecule has 0 spiro atoms. The molecule has 1 aromatic carbocycles. The first-order chi connectivity index (χ1) is 15.9. The fourth-order valence-electron chi connectivity index (χ4n) is 5.02. The van der Waals surface area contributed by atoms with E-state index in [-0.39, 0.29) is 5.56 Å². The molecule has 1 heterocycles. The van der Waals surface area contributed by atoms with Crippen molar-refractivity contribution in [1.29, 1.82) is 0 Å². The minimum absolute atomic E-state index is 0.255. The van der Waals surface area contributed by atoms with E-state index in [2.05, 4.69) is 35.8 Å². The molecule has 1 aromatic rings. The first kappa shape index (κ1) is 21.9. The first-order valence-corrected chi connectivity index (χ1v) is 11.8. The summed E-state index contributed by atoms with van der Waals surface area (Å²) in [6, 6.07) is 11.2. The number of halogens is 3. The van der Waals surface area contributed by atoms with Crippen LogP contribution in [0.5, 0.6) is 0 Å². The fourth-order valence-corrected chi connectivity index (χ4v) is 5.02. The Morgan fingerprint density at radius 1 is 1.03 bits per heavy atom. The molecule has 0 radical (unpaired) electrons. The molecule has 0 bridgehead atoms. The zero-order valence-corrected chi connectivity index (χ0v) is 18.8. The lowest BCUT2D eigenvalue weighted by Crippen LogP contribution is -2.40. The molecule has 3 aliphatic carbocycles. The van der Waals surface area contributed by atoms with Crippen molar-refractivity contribution in [1.82, 2.24) is 9.55 Å². The summed E-state index contributed by atoms with van der Waals surface area (Å²) in [6.07, 6.45) is 6.79. The normalized spacial score (nSPS) is 17.5. The third-order valence-electron chi connectivity index (χ3n) is 6.59. The number of rotatable bonds is 3. The molecule has 1 aliphatic heterocycles. The molecule has 0 N–H and O–H groups in total. The van der Waals surface area contributed by atoms with Gasteiger partial charge in [-0.05, 0) is 68.0 Å². The molecule has 0 aromatic heterocycles. The van der Waals surface area contributed by atoms with Crippen molar-refractivity contribution in [2.24, 2.45) is 4.99 Å². The van der Waals surface area contributed by atoms with E-state index in [1.54, 1.807) is 12.1 Å². The van der Waals surface area contributed by atoms with Crippen molar-refractivity contribution >= 4 is 12.2 Å². The highest BCUT2D eigenvalue weighted by molar-refractivity contribution is 5.62. The summed E-state index contributed by atoms with van der Waals surface area (Å²) in [5.74, 6) is 0. The van der Waals surface area contributed by atoms with Gasteiger partial charge in [-0.25, -0.2) is 4.98 Å². The smallest absolute Gasteiger partial charge is 0.306 e. The van der Waals surface area contributed by atoms with Crippen molar-refractivity contribution in [3.8, 4) is 17.1 Å². The highest BCUT2D eigenvalue weighted by Crippen LogP contribution is 2.25. The molecule has 0 atom stereocenters. The zero-order valence-electron chi connectivity index (χ0n) is 18.8. The van der Waals surface area contributed by atoms with Crippen LogP contribution in [0, 0.1) is 6.92 Å². The van der Waals surface area contributed by atoms with Gasteiger partial charge in [0.25, 0.3) is 0 Å². The van der Waals surface area contributed by atoms with Crippen LogP contribution in [0.4, 0.5) is 13.2 Å². The number of nitrogens with zero attached hydrogens (tertiary/aromatic N) is 3. The van der Waals surface area contributed by atoms with Gasteiger partial charge in [0, 0.05) is 5.69 Å². The Labute approximate surface area is 191 Å². The highest BCUT2D eigenvalue weighted by Gasteiger charge is 2.28. The highest BCUT2D eigenvalue weighted by atomic mass is 19.4. The molecule has 6 heteroatoms. The maximum Gasteiger partial charge on any atom is 0.393 e. The lowest BCUT2D eigenvalue weighted by Gasteiger charge is -2.21. The van der Waals surface area contributed by atoms with Gasteiger partial charge in [-0.1, -0.05) is 43.5 Å². The number of hydrogen-bond donors (Lipinski definition) is 0. The Hall–Kier alpha value is -2.89. The second-order valence-corrected chi connectivity index (χ2v) is 9.21. The number of hydrogen-bond acceptors (Lipinski definition) is 2. The lowest BCUT2D eigenvalue weighted by molar-refractivity contribution is -0.127. The predicted molar refractivity (Wildman–Crippen MR) is 125 cm³/mol. The van der Waals surface area contributed by atoms with Crippen molar-refractivity contribution in [3.63, 3.8) is 0 Å². The van der Waals surface area contributed by atoms with E-state index in [9.17, 15) is 13.2 Å². The minimum Gasteiger partial charge on any atom is -0.306 e. The van der Waals surface area contributed by atoms with Crippen LogP contribution in [0.25, 0.3) is 29.2 Å². The Bertz CT molecular complexity index is 1330. The first-order valence-electron chi connectivity index (χ1n) is 11.8. The summed E-state index contributed by atoms with van der Waals surface area (Å²) >= 11 is 0. The molecule has 0 saturated heterocycles. The fraction of sp³-hybridized carbons (Fsp3) is 0.407. The van der Waals surface area contributed by atoms with Gasteiger partial charge in [-0.3, -0.25) is 4.99 Å². The van der Waals surface area contributed by atoms with E-state index in [1.165, 1.54) is 25.3 Å². The number of aromatic nitrogens is 2. The molecular weight excluding hydrogens is 423 g/mol. The van der Waals surface area contributed by atoms with Crippen LogP contribution >= 0.6 is 0 Å². The predicted octanol–water partition coefficient (Wildman–Crippen LogP) is 4.98. The van der Waals surface area contributed by atoms with Crippen molar-refractivity contribution < 1.29 is 13.2 Å². The van der Waals surface area contributed by atoms with Crippen LogP contribution in [0.15, 0.2) is 41.4 Å². The van der Waals surface area contributed by atoms with Gasteiger partial charge in [0.05, 0.1) is 39.9 Å². The van der Waals surface area contributed by atoms with Gasteiger partial charge >= 0.3 is 6.18 Å². The van der Waals surface area contributed by atoms with Gasteiger partial charge in [-0.2, -0.15) is 13.2 Å². The van der Waals surface area contributed by atoms with E-state index in [0.717, 1.165) is 64.4 Å². The third kappa shape index (κ3) is 4.75. The largest absolute Gasteiger partial charge is 0.393 e. The van der Waals surface area contributed by atoms with Crippen LogP contribution in [0.2, 0.25) is 0 Å². The monoisotopic (exact) mass is 451 g/mol. The van der Waals surface area contributed by atoms with Crippen LogP contribution < -0.4 is 16.1 Å². The number of benzene rings is 2. The van der Waals surface area contributed by atoms with E-state index in [0.29, 0.717) is 6.04 Å². The van der Waals surface area contributed by atoms with Crippen molar-refractivity contribution in [2.45, 2.75) is 70.5 Å². The second-order valence-electron chi connectivity index (χ2n) is 9.21. The van der Waals surface area contributed by atoms with Gasteiger partial charge in [0.15, 0.2) is 0 Å². The maximum atomic E-state index is 13.1. The summed E-state index contributed by atoms with van der Waals surface area (Å²) in [5, 5.41) is 2.77. The molecule has 3 nitrogen and oxygen atoms in total. The summed E-state index contributed by atoms with van der Waals surface area (Å²) in [4.78, 5) is 9.98. The molecule has 0 unspecified atom stereocenters. The molecule has 4 aliphatic rings. The Morgan fingerprint density at radius 3 is 2.61 bits per heavy atom. The topological polar surface area (TPSA) is 30.2 Å². The number of fused-ring (bicyclic) bond motifs is 2. The average molecular weight is 452 g/mol. The third-order valence-corrected chi connectivity index (χ3v) is 6.59. The van der Waals surface area contributed by atoms with Crippen LogP contribution in [0.1, 0.15) is 56.1 Å². The van der Waals surface area contributed by atoms with E-state index < -0.39 is 12.6 Å². The summed E-state index contributed by atoms with van der Waals surface area (Å²) in [7, 11) is 0. The van der Waals surface area contributed by atoms with Crippen LogP contribution in [-0.4, -0.2) is 21.8 Å². The lowest BCUT2D eigenvalue weighted by atomic mass is 9.96. The molecule has 1 saturated carbocycles. The zero-order chi connectivity index (χ0) is 23.0. The SMILES string of the molecule is Cc1cc2nc3c(n(-c4cccc(CC(F)(F)F)c4)c-2cc1=NC1CCCCC1)=CCCC=3. The van der Waals surface area contributed by atoms with E-state index >= 15 is 0 Å². The molecule has 172 valence electrons. The van der Waals surface area contributed by atoms with Crippen LogP contribution in [0.3, 0.4) is 0 Å². The molecule has 0 amide bonds. The molecular formula is C27H28F3N3. The Kier molecular flexibility index (Phi) is 5.85. The Morgan fingerprint density at radius 2 is 1.82 bits per heavy atom.